The molecular weight excluding hydrogens is 421 g/mol. The number of rotatable bonds is 7. The first-order valence-corrected chi connectivity index (χ1v) is 9.55. The van der Waals surface area contributed by atoms with Gasteiger partial charge in [-0.05, 0) is 11.6 Å². The van der Waals surface area contributed by atoms with Crippen LogP contribution in [0.3, 0.4) is 0 Å². The zero-order chi connectivity index (χ0) is 22.2. The van der Waals surface area contributed by atoms with Gasteiger partial charge in [-0.1, -0.05) is 12.1 Å². The van der Waals surface area contributed by atoms with Crippen LogP contribution in [0.25, 0.3) is 11.0 Å². The van der Waals surface area contributed by atoms with E-state index >= 15 is 0 Å². The molecular formula is C20H20F5N5O. The second-order valence-electron chi connectivity index (χ2n) is 7.52. The van der Waals surface area contributed by atoms with Gasteiger partial charge in [0.15, 0.2) is 0 Å². The average Bonchev–Trinajstić information content (AvgIpc) is 3.03. The number of hydrogen-bond donors (Lipinski definition) is 1. The van der Waals surface area contributed by atoms with Crippen LogP contribution in [0, 0.1) is 0 Å². The number of hydrogen-bond acceptors (Lipinski definition) is 5. The number of fused-ring (bicyclic) bond motifs is 1. The van der Waals surface area contributed by atoms with Gasteiger partial charge in [-0.15, -0.1) is 0 Å². The van der Waals surface area contributed by atoms with E-state index in [-0.39, 0.29) is 31.3 Å². The van der Waals surface area contributed by atoms with Gasteiger partial charge in [-0.3, -0.25) is 4.90 Å². The molecule has 4 rings (SSSR count). The number of aromatic nitrogens is 3. The van der Waals surface area contributed by atoms with Crippen molar-refractivity contribution >= 4 is 16.9 Å². The standard InChI is InChI=1S/C20H20F5N5O/c1-29-11-28-15-7-27-18(5-16(15)29)26-6-13-3-2-12(4-17(13)31-19(21)22)14-8-30(9-14)10-20(23,24)25/h2-5,7,11,14,19H,6,8-10H2,1H3,(H,26,27). The van der Waals surface area contributed by atoms with E-state index in [1.807, 2.05) is 11.6 Å². The minimum Gasteiger partial charge on any atom is -0.434 e. The Bertz CT molecular complexity index is 1060. The molecule has 6 nitrogen and oxygen atoms in total. The van der Waals surface area contributed by atoms with Gasteiger partial charge in [0.1, 0.15) is 17.1 Å². The van der Waals surface area contributed by atoms with Crippen LogP contribution < -0.4 is 10.1 Å². The molecule has 1 aliphatic heterocycles. The number of benzene rings is 1. The van der Waals surface area contributed by atoms with Crippen molar-refractivity contribution in [3.05, 3.63) is 47.9 Å². The van der Waals surface area contributed by atoms with E-state index in [1.165, 1.54) is 11.0 Å². The summed E-state index contributed by atoms with van der Waals surface area (Å²) in [5.74, 6) is 0.388. The highest BCUT2D eigenvalue weighted by molar-refractivity contribution is 5.77. The van der Waals surface area contributed by atoms with Crippen molar-refractivity contribution in [1.82, 2.24) is 19.4 Å². The molecule has 0 unspecified atom stereocenters. The molecule has 3 aromatic rings. The largest absolute Gasteiger partial charge is 0.434 e. The fraction of sp³-hybridized carbons (Fsp3) is 0.400. The highest BCUT2D eigenvalue weighted by Crippen LogP contribution is 2.33. The minimum absolute atomic E-state index is 0.00381. The molecule has 1 fully saturated rings. The third kappa shape index (κ3) is 5.04. The number of likely N-dealkylation sites (tertiary alicyclic amines) is 1. The lowest BCUT2D eigenvalue weighted by atomic mass is 9.90. The monoisotopic (exact) mass is 441 g/mol. The van der Waals surface area contributed by atoms with Crippen LogP contribution in [-0.4, -0.2) is 51.9 Å². The van der Waals surface area contributed by atoms with Gasteiger partial charge in [0.2, 0.25) is 0 Å². The van der Waals surface area contributed by atoms with Crippen molar-refractivity contribution in [2.75, 3.05) is 25.0 Å². The molecule has 1 aliphatic rings. The minimum atomic E-state index is -4.25. The van der Waals surface area contributed by atoms with Crippen LogP contribution in [0.5, 0.6) is 5.75 Å². The molecule has 0 spiro atoms. The Balaban J connectivity index is 1.46. The first kappa shape index (κ1) is 21.3. The number of nitrogens with zero attached hydrogens (tertiary/aromatic N) is 4. The number of aryl methyl sites for hydroxylation is 1. The predicted molar refractivity (Wildman–Crippen MR) is 104 cm³/mol. The number of alkyl halides is 5. The summed E-state index contributed by atoms with van der Waals surface area (Å²) in [5.41, 5.74) is 2.76. The summed E-state index contributed by atoms with van der Waals surface area (Å²) in [4.78, 5) is 9.72. The van der Waals surface area contributed by atoms with E-state index in [0.29, 0.717) is 16.9 Å². The first-order chi connectivity index (χ1) is 14.7. The fourth-order valence-electron chi connectivity index (χ4n) is 3.65. The molecule has 1 aromatic carbocycles. The van der Waals surface area contributed by atoms with E-state index in [2.05, 4.69) is 20.0 Å². The number of halogens is 5. The maximum atomic E-state index is 12.9. The Morgan fingerprint density at radius 2 is 1.97 bits per heavy atom. The van der Waals surface area contributed by atoms with Crippen molar-refractivity contribution in [3.63, 3.8) is 0 Å². The van der Waals surface area contributed by atoms with Crippen molar-refractivity contribution in [2.45, 2.75) is 25.3 Å². The Morgan fingerprint density at radius 1 is 1.19 bits per heavy atom. The molecule has 0 bridgehead atoms. The second-order valence-corrected chi connectivity index (χ2v) is 7.52. The molecule has 0 radical (unpaired) electrons. The van der Waals surface area contributed by atoms with Crippen LogP contribution in [0.4, 0.5) is 27.8 Å². The zero-order valence-corrected chi connectivity index (χ0v) is 16.5. The lowest BCUT2D eigenvalue weighted by Crippen LogP contribution is -2.49. The van der Waals surface area contributed by atoms with E-state index in [0.717, 1.165) is 11.0 Å². The number of nitrogens with one attached hydrogen (secondary N) is 1. The normalized spacial score (nSPS) is 15.5. The fourth-order valence-corrected chi connectivity index (χ4v) is 3.65. The first-order valence-electron chi connectivity index (χ1n) is 9.55. The van der Waals surface area contributed by atoms with E-state index in [1.54, 1.807) is 30.7 Å². The van der Waals surface area contributed by atoms with E-state index in [4.69, 9.17) is 0 Å². The Morgan fingerprint density at radius 3 is 2.68 bits per heavy atom. The Labute approximate surface area is 174 Å². The van der Waals surface area contributed by atoms with Crippen LogP contribution in [0.2, 0.25) is 0 Å². The molecule has 11 heteroatoms. The van der Waals surface area contributed by atoms with Crippen molar-refractivity contribution in [1.29, 1.82) is 0 Å². The number of imidazole rings is 1. The molecule has 31 heavy (non-hydrogen) atoms. The summed E-state index contributed by atoms with van der Waals surface area (Å²) in [6.45, 7) is -3.36. The van der Waals surface area contributed by atoms with Crippen molar-refractivity contribution < 1.29 is 26.7 Å². The van der Waals surface area contributed by atoms with Gasteiger partial charge in [-0.25, -0.2) is 9.97 Å². The lowest BCUT2D eigenvalue weighted by molar-refractivity contribution is -0.154. The van der Waals surface area contributed by atoms with Gasteiger partial charge in [0, 0.05) is 44.2 Å². The topological polar surface area (TPSA) is 55.2 Å². The molecule has 0 aliphatic carbocycles. The summed E-state index contributed by atoms with van der Waals surface area (Å²) in [5, 5.41) is 3.08. The summed E-state index contributed by atoms with van der Waals surface area (Å²) in [7, 11) is 1.85. The Hall–Kier alpha value is -2.95. The quantitative estimate of drug-likeness (QED) is 0.559. The number of pyridine rings is 1. The highest BCUT2D eigenvalue weighted by Gasteiger charge is 2.37. The SMILES string of the molecule is Cn1cnc2cnc(NCc3ccc(C4CN(CC(F)(F)F)C4)cc3OC(F)F)cc21. The van der Waals surface area contributed by atoms with Gasteiger partial charge >= 0.3 is 12.8 Å². The summed E-state index contributed by atoms with van der Waals surface area (Å²) >= 11 is 0. The molecule has 0 saturated carbocycles. The van der Waals surface area contributed by atoms with Gasteiger partial charge < -0.3 is 14.6 Å². The van der Waals surface area contributed by atoms with E-state index < -0.39 is 19.3 Å². The zero-order valence-electron chi connectivity index (χ0n) is 16.5. The third-order valence-corrected chi connectivity index (χ3v) is 5.21. The lowest BCUT2D eigenvalue weighted by Gasteiger charge is -2.40. The van der Waals surface area contributed by atoms with E-state index in [9.17, 15) is 22.0 Å². The van der Waals surface area contributed by atoms with Crippen molar-refractivity contribution in [3.8, 4) is 5.75 Å². The molecule has 0 amide bonds. The van der Waals surface area contributed by atoms with Gasteiger partial charge in [0.05, 0.1) is 24.6 Å². The van der Waals surface area contributed by atoms with Crippen LogP contribution in [0.1, 0.15) is 17.0 Å². The third-order valence-electron chi connectivity index (χ3n) is 5.21. The maximum Gasteiger partial charge on any atom is 0.401 e. The Kier molecular flexibility index (Phi) is 5.69. The summed E-state index contributed by atoms with van der Waals surface area (Å²) in [6.07, 6.45) is -0.975. The molecule has 1 saturated heterocycles. The van der Waals surface area contributed by atoms with Crippen LogP contribution in [0.15, 0.2) is 36.8 Å². The second kappa shape index (κ2) is 8.29. The molecule has 3 heterocycles. The van der Waals surface area contributed by atoms with Crippen LogP contribution in [-0.2, 0) is 13.6 Å². The average molecular weight is 441 g/mol. The molecule has 0 atom stereocenters. The van der Waals surface area contributed by atoms with Gasteiger partial charge in [0.25, 0.3) is 0 Å². The smallest absolute Gasteiger partial charge is 0.401 e. The van der Waals surface area contributed by atoms with Crippen LogP contribution >= 0.6 is 0 Å². The maximum absolute atomic E-state index is 12.9. The summed E-state index contributed by atoms with van der Waals surface area (Å²) < 4.78 is 69.8. The number of ether oxygens (including phenoxy) is 1. The molecule has 1 N–H and O–H groups in total. The van der Waals surface area contributed by atoms with Crippen molar-refractivity contribution in [2.24, 2.45) is 7.05 Å². The highest BCUT2D eigenvalue weighted by atomic mass is 19.4. The number of anilines is 1. The molecule has 166 valence electrons. The summed E-state index contributed by atoms with van der Waals surface area (Å²) in [6, 6.07) is 6.67. The van der Waals surface area contributed by atoms with Gasteiger partial charge in [-0.2, -0.15) is 22.0 Å². The molecule has 2 aromatic heterocycles. The predicted octanol–water partition coefficient (Wildman–Crippen LogP) is 4.14.